The van der Waals surface area contributed by atoms with Crippen LogP contribution < -0.4 is 10.2 Å². The number of aryl methyl sites for hydroxylation is 1. The van der Waals surface area contributed by atoms with Crippen LogP contribution in [0, 0.1) is 6.92 Å². The molecule has 0 saturated heterocycles. The molecule has 2 heterocycles. The Hall–Kier alpha value is -4.04. The van der Waals surface area contributed by atoms with Crippen LogP contribution in [0.3, 0.4) is 0 Å². The molecule has 0 unspecified atom stereocenters. The Balaban J connectivity index is 1.51. The zero-order valence-electron chi connectivity index (χ0n) is 17.4. The number of halogens is 1. The van der Waals surface area contributed by atoms with E-state index < -0.39 is 29.7 Å². The third-order valence-corrected chi connectivity index (χ3v) is 5.69. The number of nitrogens with zero attached hydrogens (tertiary/aromatic N) is 2. The van der Waals surface area contributed by atoms with Gasteiger partial charge in [-0.1, -0.05) is 35.9 Å². The van der Waals surface area contributed by atoms with E-state index in [0.29, 0.717) is 16.8 Å². The van der Waals surface area contributed by atoms with Gasteiger partial charge < -0.3 is 10.4 Å². The lowest BCUT2D eigenvalue weighted by molar-refractivity contribution is -0.139. The monoisotopic (exact) mass is 463 g/mol. The first-order valence-electron chi connectivity index (χ1n) is 9.98. The summed E-state index contributed by atoms with van der Waals surface area (Å²) in [6.45, 7) is 1.71. The number of hydrogen-bond acceptors (Lipinski definition) is 5. The number of amides is 3. The molecule has 0 saturated carbocycles. The fraction of sp³-hybridized carbons (Fsp3) is 0.125. The second-order valence-corrected chi connectivity index (χ2v) is 7.94. The number of carboxylic acids is 1. The van der Waals surface area contributed by atoms with Gasteiger partial charge >= 0.3 is 5.97 Å². The van der Waals surface area contributed by atoms with Crippen molar-refractivity contribution in [3.63, 3.8) is 0 Å². The van der Waals surface area contributed by atoms with Crippen LogP contribution in [-0.2, 0) is 11.2 Å². The maximum Gasteiger partial charge on any atom is 0.326 e. The van der Waals surface area contributed by atoms with Crippen LogP contribution in [0.5, 0.6) is 0 Å². The van der Waals surface area contributed by atoms with Crippen LogP contribution in [0.25, 0.3) is 0 Å². The number of rotatable bonds is 6. The zero-order valence-corrected chi connectivity index (χ0v) is 18.2. The van der Waals surface area contributed by atoms with Gasteiger partial charge in [0.1, 0.15) is 6.04 Å². The lowest BCUT2D eigenvalue weighted by Crippen LogP contribution is -2.42. The summed E-state index contributed by atoms with van der Waals surface area (Å²) >= 11 is 6.11. The number of fused-ring (bicyclic) bond motifs is 1. The van der Waals surface area contributed by atoms with E-state index in [2.05, 4.69) is 10.3 Å². The van der Waals surface area contributed by atoms with Crippen molar-refractivity contribution >= 4 is 41.0 Å². The molecule has 0 spiro atoms. The van der Waals surface area contributed by atoms with E-state index in [-0.39, 0.29) is 28.1 Å². The van der Waals surface area contributed by atoms with Crippen LogP contribution in [0.4, 0.5) is 5.69 Å². The highest BCUT2D eigenvalue weighted by atomic mass is 35.5. The summed E-state index contributed by atoms with van der Waals surface area (Å²) < 4.78 is 0. The molecule has 2 aromatic carbocycles. The number of carboxylic acid groups (broad SMARTS) is 1. The lowest BCUT2D eigenvalue weighted by atomic mass is 10.0. The minimum absolute atomic E-state index is 0.00308. The van der Waals surface area contributed by atoms with Gasteiger partial charge in [0.25, 0.3) is 17.7 Å². The number of nitrogens with one attached hydrogen (secondary N) is 1. The predicted octanol–water partition coefficient (Wildman–Crippen LogP) is 3.27. The first kappa shape index (κ1) is 22.2. The molecule has 0 aliphatic carbocycles. The molecule has 166 valence electrons. The van der Waals surface area contributed by atoms with Crippen molar-refractivity contribution in [3.05, 3.63) is 93.8 Å². The molecule has 1 aromatic heterocycles. The van der Waals surface area contributed by atoms with Gasteiger partial charge in [-0.25, -0.2) is 9.69 Å². The van der Waals surface area contributed by atoms with E-state index in [1.807, 2.05) is 0 Å². The van der Waals surface area contributed by atoms with Crippen molar-refractivity contribution in [2.24, 2.45) is 0 Å². The Bertz CT molecular complexity index is 1230. The minimum Gasteiger partial charge on any atom is -0.480 e. The Morgan fingerprint density at radius 2 is 1.76 bits per heavy atom. The molecule has 1 aliphatic heterocycles. The first-order valence-corrected chi connectivity index (χ1v) is 10.4. The van der Waals surface area contributed by atoms with E-state index in [4.69, 9.17) is 11.6 Å². The van der Waals surface area contributed by atoms with Crippen LogP contribution >= 0.6 is 11.6 Å². The van der Waals surface area contributed by atoms with Gasteiger partial charge in [-0.05, 0) is 42.3 Å². The van der Waals surface area contributed by atoms with E-state index in [0.717, 1.165) is 4.90 Å². The molecule has 3 aromatic rings. The molecule has 0 bridgehead atoms. The summed E-state index contributed by atoms with van der Waals surface area (Å²) in [7, 11) is 0. The fourth-order valence-corrected chi connectivity index (χ4v) is 3.99. The molecule has 4 rings (SSSR count). The second-order valence-electron chi connectivity index (χ2n) is 7.53. The highest BCUT2D eigenvalue weighted by Crippen LogP contribution is 2.28. The third kappa shape index (κ3) is 4.20. The van der Waals surface area contributed by atoms with Crippen molar-refractivity contribution < 1.29 is 24.3 Å². The summed E-state index contributed by atoms with van der Waals surface area (Å²) in [5, 5.41) is 12.4. The molecular formula is C24H18ClN3O5. The Morgan fingerprint density at radius 1 is 1.06 bits per heavy atom. The van der Waals surface area contributed by atoms with Crippen molar-refractivity contribution in [1.29, 1.82) is 0 Å². The number of hydrogen-bond donors (Lipinski definition) is 2. The molecule has 1 atom stereocenters. The number of anilines is 1. The van der Waals surface area contributed by atoms with Crippen LogP contribution in [0.2, 0.25) is 5.02 Å². The number of carbonyl (C=O) groups is 4. The number of pyridine rings is 1. The average Bonchev–Trinajstić information content (AvgIpc) is 3.04. The van der Waals surface area contributed by atoms with E-state index >= 15 is 0 Å². The van der Waals surface area contributed by atoms with Gasteiger partial charge in [-0.15, -0.1) is 0 Å². The van der Waals surface area contributed by atoms with E-state index in [1.165, 1.54) is 18.5 Å². The number of aromatic nitrogens is 1. The molecule has 1 aliphatic rings. The summed E-state index contributed by atoms with van der Waals surface area (Å²) in [5.41, 5.74) is 2.32. The maximum absolute atomic E-state index is 12.7. The average molecular weight is 464 g/mol. The standard InChI is InChI=1S/C24H18ClN3O5/c1-13-3-2-4-18(25)20(13)21(29)27-19(24(32)33)11-14-5-7-15(8-6-14)28-22(30)16-9-10-26-12-17(16)23(28)31/h2-10,12,19H,11H2,1H3,(H,27,29)(H,32,33)/t19-/m0/s1. The van der Waals surface area contributed by atoms with Crippen molar-refractivity contribution in [3.8, 4) is 0 Å². The van der Waals surface area contributed by atoms with Crippen molar-refractivity contribution in [2.75, 3.05) is 4.90 Å². The maximum atomic E-state index is 12.7. The highest BCUT2D eigenvalue weighted by Gasteiger charge is 2.36. The number of imide groups is 1. The summed E-state index contributed by atoms with van der Waals surface area (Å²) in [4.78, 5) is 54.6. The highest BCUT2D eigenvalue weighted by molar-refractivity contribution is 6.34. The number of aliphatic carboxylic acids is 1. The van der Waals surface area contributed by atoms with Gasteiger partial charge in [-0.3, -0.25) is 19.4 Å². The summed E-state index contributed by atoms with van der Waals surface area (Å²) in [5.74, 6) is -2.70. The molecule has 8 nitrogen and oxygen atoms in total. The van der Waals surface area contributed by atoms with Gasteiger partial charge in [-0.2, -0.15) is 0 Å². The Kier molecular flexibility index (Phi) is 5.93. The topological polar surface area (TPSA) is 117 Å². The van der Waals surface area contributed by atoms with Crippen LogP contribution in [0.1, 0.15) is 42.2 Å². The smallest absolute Gasteiger partial charge is 0.326 e. The molecular weight excluding hydrogens is 446 g/mol. The molecule has 0 radical (unpaired) electrons. The Labute approximate surface area is 193 Å². The fourth-order valence-electron chi connectivity index (χ4n) is 3.69. The normalized spacial score (nSPS) is 13.6. The van der Waals surface area contributed by atoms with Gasteiger partial charge in [0.15, 0.2) is 0 Å². The Morgan fingerprint density at radius 3 is 2.39 bits per heavy atom. The quantitative estimate of drug-likeness (QED) is 0.542. The molecule has 3 amide bonds. The largest absolute Gasteiger partial charge is 0.480 e. The molecule has 2 N–H and O–H groups in total. The second kappa shape index (κ2) is 8.84. The molecule has 9 heteroatoms. The van der Waals surface area contributed by atoms with E-state index in [1.54, 1.807) is 49.4 Å². The predicted molar refractivity (Wildman–Crippen MR) is 121 cm³/mol. The lowest BCUT2D eigenvalue weighted by Gasteiger charge is -2.17. The SMILES string of the molecule is Cc1cccc(Cl)c1C(=O)N[C@@H](Cc1ccc(N2C(=O)c3ccncc3C2=O)cc1)C(=O)O. The molecule has 33 heavy (non-hydrogen) atoms. The van der Waals surface area contributed by atoms with Crippen LogP contribution in [-0.4, -0.2) is 39.8 Å². The third-order valence-electron chi connectivity index (χ3n) is 5.37. The van der Waals surface area contributed by atoms with Crippen molar-refractivity contribution in [1.82, 2.24) is 10.3 Å². The zero-order chi connectivity index (χ0) is 23.7. The van der Waals surface area contributed by atoms with Gasteiger partial charge in [0, 0.05) is 18.8 Å². The van der Waals surface area contributed by atoms with Crippen molar-refractivity contribution in [2.45, 2.75) is 19.4 Å². The van der Waals surface area contributed by atoms with Gasteiger partial charge in [0.05, 0.1) is 27.4 Å². The number of benzene rings is 2. The summed E-state index contributed by atoms with van der Waals surface area (Å²) in [6.07, 6.45) is 2.79. The summed E-state index contributed by atoms with van der Waals surface area (Å²) in [6, 6.07) is 11.6. The van der Waals surface area contributed by atoms with Crippen LogP contribution in [0.15, 0.2) is 60.9 Å². The van der Waals surface area contributed by atoms with E-state index in [9.17, 15) is 24.3 Å². The minimum atomic E-state index is -1.20. The molecule has 0 fully saturated rings. The number of carbonyl (C=O) groups excluding carboxylic acids is 3. The van der Waals surface area contributed by atoms with Gasteiger partial charge in [0.2, 0.25) is 0 Å². The first-order chi connectivity index (χ1) is 15.8.